The number of amides is 1. The zero-order chi connectivity index (χ0) is 12.5. The Morgan fingerprint density at radius 1 is 1.24 bits per heavy atom. The number of carboxylic acids is 1. The summed E-state index contributed by atoms with van der Waals surface area (Å²) in [5.41, 5.74) is -0.823. The van der Waals surface area contributed by atoms with Crippen LogP contribution < -0.4 is 5.32 Å². The largest absolute Gasteiger partial charge is 0.480 e. The molecule has 0 aromatic carbocycles. The van der Waals surface area contributed by atoms with E-state index in [2.05, 4.69) is 12.2 Å². The Balaban J connectivity index is 1.87. The van der Waals surface area contributed by atoms with Crippen molar-refractivity contribution in [2.75, 3.05) is 6.54 Å². The monoisotopic (exact) mass is 239 g/mol. The molecule has 0 atom stereocenters. The Morgan fingerprint density at radius 2 is 1.88 bits per heavy atom. The first-order valence-electron chi connectivity index (χ1n) is 6.56. The standard InChI is InChI=1S/C13H21NO3/c1-2-4-12(7-8-12)9-14-10(15)13(11(16)17)5-3-6-13/h2-9H2,1H3,(H,14,15)(H,16,17). The molecule has 4 nitrogen and oxygen atoms in total. The van der Waals surface area contributed by atoms with Crippen LogP contribution in [0, 0.1) is 10.8 Å². The second-order valence-corrected chi connectivity index (χ2v) is 5.67. The van der Waals surface area contributed by atoms with Gasteiger partial charge in [0, 0.05) is 6.54 Å². The molecule has 2 N–H and O–H groups in total. The molecule has 1 amide bonds. The van der Waals surface area contributed by atoms with E-state index < -0.39 is 11.4 Å². The lowest BCUT2D eigenvalue weighted by Crippen LogP contribution is -2.52. The van der Waals surface area contributed by atoms with E-state index in [1.807, 2.05) is 0 Å². The molecule has 0 radical (unpaired) electrons. The van der Waals surface area contributed by atoms with Gasteiger partial charge in [0.25, 0.3) is 0 Å². The van der Waals surface area contributed by atoms with Gasteiger partial charge in [0.1, 0.15) is 5.41 Å². The van der Waals surface area contributed by atoms with E-state index in [1.54, 1.807) is 0 Å². The van der Waals surface area contributed by atoms with Crippen molar-refractivity contribution in [3.05, 3.63) is 0 Å². The minimum absolute atomic E-state index is 0.265. The number of carbonyl (C=O) groups excluding carboxylic acids is 1. The normalized spacial score (nSPS) is 23.6. The van der Waals surface area contributed by atoms with Crippen LogP contribution in [0.25, 0.3) is 0 Å². The van der Waals surface area contributed by atoms with Crippen molar-refractivity contribution in [3.63, 3.8) is 0 Å². The van der Waals surface area contributed by atoms with Gasteiger partial charge in [-0.1, -0.05) is 19.8 Å². The molecule has 0 aliphatic heterocycles. The van der Waals surface area contributed by atoms with Crippen LogP contribution in [0.4, 0.5) is 0 Å². The summed E-state index contributed by atoms with van der Waals surface area (Å²) in [7, 11) is 0. The molecule has 0 aromatic rings. The van der Waals surface area contributed by atoms with Crippen molar-refractivity contribution in [1.82, 2.24) is 5.32 Å². The number of nitrogens with one attached hydrogen (secondary N) is 1. The van der Waals surface area contributed by atoms with Crippen molar-refractivity contribution in [2.45, 2.75) is 51.9 Å². The highest BCUT2D eigenvalue weighted by Crippen LogP contribution is 2.49. The molecular formula is C13H21NO3. The first kappa shape index (κ1) is 12.4. The highest BCUT2D eigenvalue weighted by atomic mass is 16.4. The number of carbonyl (C=O) groups is 2. The number of hydrogen-bond acceptors (Lipinski definition) is 2. The van der Waals surface area contributed by atoms with Crippen LogP contribution in [-0.2, 0) is 9.59 Å². The fourth-order valence-electron chi connectivity index (χ4n) is 2.73. The third-order valence-electron chi connectivity index (χ3n) is 4.41. The van der Waals surface area contributed by atoms with E-state index in [9.17, 15) is 9.59 Å². The summed E-state index contributed by atoms with van der Waals surface area (Å²) in [5, 5.41) is 12.0. The molecule has 96 valence electrons. The van der Waals surface area contributed by atoms with E-state index >= 15 is 0 Å². The van der Waals surface area contributed by atoms with Crippen LogP contribution >= 0.6 is 0 Å². The van der Waals surface area contributed by atoms with Gasteiger partial charge in [-0.15, -0.1) is 0 Å². The number of hydrogen-bond donors (Lipinski definition) is 2. The molecule has 4 heteroatoms. The molecule has 2 saturated carbocycles. The van der Waals surface area contributed by atoms with Crippen LogP contribution in [0.3, 0.4) is 0 Å². The second kappa shape index (κ2) is 4.31. The molecule has 0 heterocycles. The maximum atomic E-state index is 12.0. The summed E-state index contributed by atoms with van der Waals surface area (Å²) in [6.07, 6.45) is 6.43. The van der Waals surface area contributed by atoms with Crippen LogP contribution in [0.5, 0.6) is 0 Å². The van der Waals surface area contributed by atoms with Crippen molar-refractivity contribution >= 4 is 11.9 Å². The maximum Gasteiger partial charge on any atom is 0.319 e. The van der Waals surface area contributed by atoms with Crippen molar-refractivity contribution in [2.24, 2.45) is 10.8 Å². The predicted molar refractivity (Wildman–Crippen MR) is 63.5 cm³/mol. The lowest BCUT2D eigenvalue weighted by molar-refractivity contribution is -0.162. The molecule has 2 aliphatic carbocycles. The fourth-order valence-corrected chi connectivity index (χ4v) is 2.73. The lowest BCUT2D eigenvalue weighted by Gasteiger charge is -2.36. The molecule has 0 aromatic heterocycles. The van der Waals surface area contributed by atoms with Gasteiger partial charge in [-0.05, 0) is 37.5 Å². The molecule has 2 rings (SSSR count). The summed E-state index contributed by atoms with van der Waals surface area (Å²) in [6, 6.07) is 0. The average molecular weight is 239 g/mol. The third kappa shape index (κ3) is 2.17. The van der Waals surface area contributed by atoms with Gasteiger partial charge in [0.2, 0.25) is 5.91 Å². The Kier molecular flexibility index (Phi) is 3.15. The molecule has 2 fully saturated rings. The molecular weight excluding hydrogens is 218 g/mol. The van der Waals surface area contributed by atoms with Crippen molar-refractivity contribution in [3.8, 4) is 0 Å². The predicted octanol–water partition coefficient (Wildman–Crippen LogP) is 1.94. The van der Waals surface area contributed by atoms with Gasteiger partial charge in [0.15, 0.2) is 0 Å². The SMILES string of the molecule is CCCC1(CNC(=O)C2(C(=O)O)CCC2)CC1. The topological polar surface area (TPSA) is 66.4 Å². The lowest BCUT2D eigenvalue weighted by atomic mass is 9.68. The van der Waals surface area contributed by atoms with Gasteiger partial charge in [-0.2, -0.15) is 0 Å². The minimum Gasteiger partial charge on any atom is -0.480 e. The quantitative estimate of drug-likeness (QED) is 0.696. The summed E-state index contributed by atoms with van der Waals surface area (Å²) < 4.78 is 0. The Bertz CT molecular complexity index is 330. The van der Waals surface area contributed by atoms with Crippen molar-refractivity contribution < 1.29 is 14.7 Å². The van der Waals surface area contributed by atoms with Gasteiger partial charge in [-0.3, -0.25) is 9.59 Å². The summed E-state index contributed by atoms with van der Waals surface area (Å²) in [6.45, 7) is 2.81. The number of carboxylic acid groups (broad SMARTS) is 1. The Hall–Kier alpha value is -1.06. The van der Waals surface area contributed by atoms with Crippen molar-refractivity contribution in [1.29, 1.82) is 0 Å². The molecule has 0 spiro atoms. The van der Waals surface area contributed by atoms with Crippen LogP contribution in [-0.4, -0.2) is 23.5 Å². The van der Waals surface area contributed by atoms with Crippen LogP contribution in [0.1, 0.15) is 51.9 Å². The minimum atomic E-state index is -1.11. The van der Waals surface area contributed by atoms with E-state index in [0.29, 0.717) is 19.4 Å². The fraction of sp³-hybridized carbons (Fsp3) is 0.846. The molecule has 0 unspecified atom stereocenters. The second-order valence-electron chi connectivity index (χ2n) is 5.67. The third-order valence-corrected chi connectivity index (χ3v) is 4.41. The van der Waals surface area contributed by atoms with Gasteiger partial charge < -0.3 is 10.4 Å². The Morgan fingerprint density at radius 3 is 2.24 bits per heavy atom. The summed E-state index contributed by atoms with van der Waals surface area (Å²) in [4.78, 5) is 23.1. The molecule has 0 saturated heterocycles. The van der Waals surface area contributed by atoms with Crippen LogP contribution in [0.2, 0.25) is 0 Å². The number of aliphatic carboxylic acids is 1. The highest BCUT2D eigenvalue weighted by Gasteiger charge is 2.52. The van der Waals surface area contributed by atoms with Crippen LogP contribution in [0.15, 0.2) is 0 Å². The maximum absolute atomic E-state index is 12.0. The van der Waals surface area contributed by atoms with E-state index in [4.69, 9.17) is 5.11 Å². The molecule has 2 aliphatic rings. The zero-order valence-corrected chi connectivity index (χ0v) is 10.4. The Labute approximate surface area is 102 Å². The highest BCUT2D eigenvalue weighted by molar-refractivity contribution is 6.02. The zero-order valence-electron chi connectivity index (χ0n) is 10.4. The molecule has 17 heavy (non-hydrogen) atoms. The van der Waals surface area contributed by atoms with Gasteiger partial charge >= 0.3 is 5.97 Å². The van der Waals surface area contributed by atoms with Gasteiger partial charge in [-0.25, -0.2) is 0 Å². The summed E-state index contributed by atoms with van der Waals surface area (Å²) in [5.74, 6) is -1.22. The smallest absolute Gasteiger partial charge is 0.319 e. The summed E-state index contributed by atoms with van der Waals surface area (Å²) >= 11 is 0. The molecule has 0 bridgehead atoms. The van der Waals surface area contributed by atoms with E-state index in [1.165, 1.54) is 12.8 Å². The average Bonchev–Trinajstić information content (AvgIpc) is 2.94. The van der Waals surface area contributed by atoms with E-state index in [-0.39, 0.29) is 11.3 Å². The van der Waals surface area contributed by atoms with E-state index in [0.717, 1.165) is 19.3 Å². The van der Waals surface area contributed by atoms with Gasteiger partial charge in [0.05, 0.1) is 0 Å². The first-order chi connectivity index (χ1) is 8.05. The number of rotatable bonds is 6. The first-order valence-corrected chi connectivity index (χ1v) is 6.56.